The van der Waals surface area contributed by atoms with Crippen molar-refractivity contribution in [2.75, 3.05) is 19.0 Å². The van der Waals surface area contributed by atoms with Gasteiger partial charge in [0.25, 0.3) is 0 Å². The molecule has 0 aliphatic carbocycles. The first kappa shape index (κ1) is 11.8. The molecule has 0 amide bonds. The van der Waals surface area contributed by atoms with Gasteiger partial charge in [0.1, 0.15) is 11.9 Å². The number of hydrogen-bond donors (Lipinski definition) is 0. The van der Waals surface area contributed by atoms with Gasteiger partial charge < -0.3 is 9.47 Å². The van der Waals surface area contributed by atoms with E-state index in [1.54, 1.807) is 0 Å². The van der Waals surface area contributed by atoms with E-state index < -0.39 is 33.5 Å². The largest absolute Gasteiger partial charge is 0.461 e. The Morgan fingerprint density at radius 1 is 1.38 bits per heavy atom. The fourth-order valence-electron chi connectivity index (χ4n) is 2.32. The third-order valence-corrected chi connectivity index (χ3v) is 3.93. The van der Waals surface area contributed by atoms with Crippen LogP contribution in [0.2, 0.25) is 0 Å². The third kappa shape index (κ3) is 2.35. The first-order valence-corrected chi connectivity index (χ1v) is 6.68. The maximum Gasteiger partial charge on any atom is 0.312 e. The van der Waals surface area contributed by atoms with E-state index >= 15 is 0 Å². The topological polar surface area (TPSA) is 69.7 Å². The Morgan fingerprint density at radius 2 is 2.00 bits per heavy atom. The summed E-state index contributed by atoms with van der Waals surface area (Å²) >= 11 is 0. The molecule has 2 aliphatic heterocycles. The summed E-state index contributed by atoms with van der Waals surface area (Å²) in [6, 6.07) is 0. The predicted molar refractivity (Wildman–Crippen MR) is 51.9 cm³/mol. The predicted octanol–water partition coefficient (Wildman–Crippen LogP) is 0.398. The van der Waals surface area contributed by atoms with Crippen LogP contribution in [0.15, 0.2) is 0 Å². The molecule has 0 aromatic heterocycles. The first-order chi connectivity index (χ1) is 7.41. The van der Waals surface area contributed by atoms with Crippen molar-refractivity contribution < 1.29 is 26.6 Å². The summed E-state index contributed by atoms with van der Waals surface area (Å²) in [4.78, 5) is 11.7. The molecule has 2 saturated heterocycles. The molecule has 1 spiro atoms. The second kappa shape index (κ2) is 3.96. The molecule has 2 aliphatic rings. The lowest BCUT2D eigenvalue weighted by Crippen LogP contribution is -2.33. The Kier molecular flexibility index (Phi) is 2.91. The molecule has 5 nitrogen and oxygen atoms in total. The van der Waals surface area contributed by atoms with E-state index in [-0.39, 0.29) is 6.42 Å². The molecule has 0 radical (unpaired) electrons. The SMILES string of the molecule is O=C1OC(CS(=O)(=O)F)CC12CCOCC2. The number of cyclic esters (lactones) is 1. The zero-order valence-electron chi connectivity index (χ0n) is 8.65. The van der Waals surface area contributed by atoms with Crippen molar-refractivity contribution in [2.24, 2.45) is 5.41 Å². The number of halogens is 1. The zero-order chi connectivity index (χ0) is 11.8. The van der Waals surface area contributed by atoms with Crippen LogP contribution in [0.3, 0.4) is 0 Å². The maximum absolute atomic E-state index is 12.5. The fourth-order valence-corrected chi connectivity index (χ4v) is 2.95. The van der Waals surface area contributed by atoms with E-state index in [0.717, 1.165) is 0 Å². The number of carbonyl (C=O) groups is 1. The summed E-state index contributed by atoms with van der Waals surface area (Å²) < 4.78 is 43.5. The summed E-state index contributed by atoms with van der Waals surface area (Å²) in [6.45, 7) is 0.925. The number of hydrogen-bond acceptors (Lipinski definition) is 5. The Balaban J connectivity index is 2.06. The molecule has 0 saturated carbocycles. The molecule has 92 valence electrons. The van der Waals surface area contributed by atoms with E-state index in [9.17, 15) is 17.1 Å². The second-order valence-corrected chi connectivity index (χ2v) is 5.74. The van der Waals surface area contributed by atoms with E-state index in [1.165, 1.54) is 0 Å². The molecule has 0 aromatic rings. The average molecular weight is 252 g/mol. The van der Waals surface area contributed by atoms with Crippen molar-refractivity contribution in [3.8, 4) is 0 Å². The molecule has 1 atom stereocenters. The quantitative estimate of drug-likeness (QED) is 0.525. The van der Waals surface area contributed by atoms with Crippen LogP contribution >= 0.6 is 0 Å². The van der Waals surface area contributed by atoms with Gasteiger partial charge in [0.15, 0.2) is 0 Å². The van der Waals surface area contributed by atoms with Crippen molar-refractivity contribution in [1.29, 1.82) is 0 Å². The minimum Gasteiger partial charge on any atom is -0.461 e. The minimum atomic E-state index is -4.59. The van der Waals surface area contributed by atoms with Gasteiger partial charge in [0.05, 0.1) is 5.41 Å². The van der Waals surface area contributed by atoms with Gasteiger partial charge in [-0.3, -0.25) is 4.79 Å². The monoisotopic (exact) mass is 252 g/mol. The Hall–Kier alpha value is -0.690. The van der Waals surface area contributed by atoms with Gasteiger partial charge in [0, 0.05) is 19.6 Å². The molecule has 16 heavy (non-hydrogen) atoms. The van der Waals surface area contributed by atoms with Crippen molar-refractivity contribution >= 4 is 16.2 Å². The number of ether oxygens (including phenoxy) is 2. The highest BCUT2D eigenvalue weighted by molar-refractivity contribution is 7.86. The summed E-state index contributed by atoms with van der Waals surface area (Å²) in [6.07, 6.45) is 0.474. The Labute approximate surface area is 93.1 Å². The zero-order valence-corrected chi connectivity index (χ0v) is 9.46. The van der Waals surface area contributed by atoms with Crippen molar-refractivity contribution in [2.45, 2.75) is 25.4 Å². The van der Waals surface area contributed by atoms with Crippen LogP contribution in [0.25, 0.3) is 0 Å². The van der Waals surface area contributed by atoms with Crippen LogP contribution in [-0.4, -0.2) is 39.5 Å². The molecular weight excluding hydrogens is 239 g/mol. The van der Waals surface area contributed by atoms with E-state index in [0.29, 0.717) is 26.1 Å². The molecule has 0 bridgehead atoms. The standard InChI is InChI=1S/C9H13FO5S/c10-16(12,13)6-7-5-9(8(11)15-7)1-3-14-4-2-9/h7H,1-6H2. The van der Waals surface area contributed by atoms with Crippen molar-refractivity contribution in [1.82, 2.24) is 0 Å². The van der Waals surface area contributed by atoms with Gasteiger partial charge in [-0.1, -0.05) is 0 Å². The summed E-state index contributed by atoms with van der Waals surface area (Å²) in [5, 5.41) is 0. The van der Waals surface area contributed by atoms with E-state index in [2.05, 4.69) is 0 Å². The van der Waals surface area contributed by atoms with Crippen LogP contribution in [0, 0.1) is 5.41 Å². The summed E-state index contributed by atoms with van der Waals surface area (Å²) in [5.74, 6) is -1.15. The lowest BCUT2D eigenvalue weighted by Gasteiger charge is -2.28. The Morgan fingerprint density at radius 3 is 2.56 bits per heavy atom. The maximum atomic E-state index is 12.5. The molecule has 2 fully saturated rings. The molecule has 2 heterocycles. The van der Waals surface area contributed by atoms with Crippen LogP contribution in [0.5, 0.6) is 0 Å². The normalized spacial score (nSPS) is 29.3. The third-order valence-electron chi connectivity index (χ3n) is 3.16. The van der Waals surface area contributed by atoms with Gasteiger partial charge in [-0.05, 0) is 12.8 Å². The number of rotatable bonds is 2. The highest BCUT2D eigenvalue weighted by atomic mass is 32.3. The van der Waals surface area contributed by atoms with Crippen LogP contribution in [0.4, 0.5) is 3.89 Å². The van der Waals surface area contributed by atoms with E-state index in [1.807, 2.05) is 0 Å². The minimum absolute atomic E-state index is 0.276. The van der Waals surface area contributed by atoms with Gasteiger partial charge in [-0.15, -0.1) is 3.89 Å². The van der Waals surface area contributed by atoms with Gasteiger partial charge in [0.2, 0.25) is 0 Å². The van der Waals surface area contributed by atoms with Gasteiger partial charge in [-0.25, -0.2) is 0 Å². The molecule has 1 unspecified atom stereocenters. The molecule has 0 N–H and O–H groups in total. The molecular formula is C9H13FO5S. The molecule has 2 rings (SSSR count). The fraction of sp³-hybridized carbons (Fsp3) is 0.889. The van der Waals surface area contributed by atoms with Crippen molar-refractivity contribution in [3.05, 3.63) is 0 Å². The van der Waals surface area contributed by atoms with Gasteiger partial charge >= 0.3 is 16.2 Å². The lowest BCUT2D eigenvalue weighted by molar-refractivity contribution is -0.152. The summed E-state index contributed by atoms with van der Waals surface area (Å²) in [5.41, 5.74) is -0.645. The van der Waals surface area contributed by atoms with Crippen LogP contribution in [0.1, 0.15) is 19.3 Å². The lowest BCUT2D eigenvalue weighted by atomic mass is 9.78. The molecule has 7 heteroatoms. The van der Waals surface area contributed by atoms with Gasteiger partial charge in [-0.2, -0.15) is 8.42 Å². The highest BCUT2D eigenvalue weighted by Gasteiger charge is 2.50. The average Bonchev–Trinajstić information content (AvgIpc) is 2.41. The first-order valence-electron chi connectivity index (χ1n) is 5.12. The van der Waals surface area contributed by atoms with Crippen LogP contribution in [-0.2, 0) is 24.5 Å². The smallest absolute Gasteiger partial charge is 0.312 e. The number of esters is 1. The summed E-state index contributed by atoms with van der Waals surface area (Å²) in [7, 11) is -4.59. The molecule has 0 aromatic carbocycles. The van der Waals surface area contributed by atoms with Crippen molar-refractivity contribution in [3.63, 3.8) is 0 Å². The second-order valence-electron chi connectivity index (χ2n) is 4.33. The van der Waals surface area contributed by atoms with E-state index in [4.69, 9.17) is 9.47 Å². The highest BCUT2D eigenvalue weighted by Crippen LogP contribution is 2.42. The van der Waals surface area contributed by atoms with Crippen LogP contribution < -0.4 is 0 Å². The number of carbonyl (C=O) groups excluding carboxylic acids is 1. The Bertz CT molecular complexity index is 385.